The number of thiazole rings is 1. The van der Waals surface area contributed by atoms with Crippen LogP contribution in [0, 0.1) is 37.5 Å². The fourth-order valence-electron chi connectivity index (χ4n) is 4.38. The zero-order valence-corrected chi connectivity index (χ0v) is 19.0. The molecule has 3 aromatic rings. The van der Waals surface area contributed by atoms with Crippen LogP contribution in [-0.2, 0) is 4.74 Å². The molecule has 2 aromatic heterocycles. The Morgan fingerprint density at radius 2 is 1.91 bits per heavy atom. The number of aromatic nitrogens is 2. The first-order valence-corrected chi connectivity index (χ1v) is 11.3. The Hall–Kier alpha value is -3.28. The maximum Gasteiger partial charge on any atom is 0.323 e. The van der Waals surface area contributed by atoms with E-state index in [9.17, 15) is 10.1 Å². The molecule has 1 N–H and O–H groups in total. The molecule has 2 amide bonds. The molecule has 0 bridgehead atoms. The van der Waals surface area contributed by atoms with Crippen LogP contribution in [0.15, 0.2) is 30.3 Å². The summed E-state index contributed by atoms with van der Waals surface area (Å²) >= 11 is 1.44. The van der Waals surface area contributed by atoms with Gasteiger partial charge in [0.2, 0.25) is 0 Å². The van der Waals surface area contributed by atoms with Crippen molar-refractivity contribution in [2.75, 3.05) is 31.6 Å². The molecular formula is C24H23N5O2S. The van der Waals surface area contributed by atoms with E-state index < -0.39 is 0 Å². The number of urea groups is 1. The van der Waals surface area contributed by atoms with Crippen molar-refractivity contribution < 1.29 is 9.53 Å². The van der Waals surface area contributed by atoms with Crippen LogP contribution >= 0.6 is 11.3 Å². The maximum atomic E-state index is 12.8. The SMILES string of the molecule is Cc1cc(-c2sc(NC(=O)N3CC4(COC4)C3)nc2-c2cccc(C#N)c2C)cc(C)n1. The standard InChI is InChI=1S/C24H23N5O2S/c1-14-7-18(8-15(2)26-14)21-20(19-6-4-5-17(9-25)16(19)3)27-22(32-21)28-23(30)29-10-24(11-29)12-31-13-24/h4-8H,10-13H2,1-3H3,(H,27,28,30). The van der Waals surface area contributed by atoms with Gasteiger partial charge in [0.1, 0.15) is 0 Å². The monoisotopic (exact) mass is 445 g/mol. The van der Waals surface area contributed by atoms with E-state index in [0.717, 1.165) is 65.0 Å². The summed E-state index contributed by atoms with van der Waals surface area (Å²) in [6.45, 7) is 8.76. The lowest BCUT2D eigenvalue weighted by atomic mass is 9.78. The van der Waals surface area contributed by atoms with E-state index in [2.05, 4.69) is 16.4 Å². The lowest BCUT2D eigenvalue weighted by molar-refractivity contribution is -0.174. The molecule has 2 aliphatic heterocycles. The van der Waals surface area contributed by atoms with Gasteiger partial charge in [-0.3, -0.25) is 10.3 Å². The summed E-state index contributed by atoms with van der Waals surface area (Å²) in [5.74, 6) is 0. The number of nitrogens with zero attached hydrogens (tertiary/aromatic N) is 4. The van der Waals surface area contributed by atoms with Gasteiger partial charge in [-0.15, -0.1) is 0 Å². The molecule has 0 radical (unpaired) electrons. The predicted octanol–water partition coefficient (Wildman–Crippen LogP) is 4.53. The third-order valence-corrected chi connectivity index (χ3v) is 7.07. The highest BCUT2D eigenvalue weighted by Gasteiger charge is 2.50. The Morgan fingerprint density at radius 3 is 2.53 bits per heavy atom. The lowest BCUT2D eigenvalue weighted by Gasteiger charge is -2.54. The maximum absolute atomic E-state index is 12.8. The molecule has 162 valence electrons. The molecule has 2 aliphatic rings. The molecule has 0 atom stereocenters. The quantitative estimate of drug-likeness (QED) is 0.639. The zero-order chi connectivity index (χ0) is 22.5. The van der Waals surface area contributed by atoms with E-state index in [0.29, 0.717) is 10.7 Å². The number of hydrogen-bond acceptors (Lipinski definition) is 6. The number of amides is 2. The normalized spacial score (nSPS) is 16.2. The molecule has 1 spiro atoms. The number of nitrogens with one attached hydrogen (secondary N) is 1. The van der Waals surface area contributed by atoms with Crippen LogP contribution in [0.3, 0.4) is 0 Å². The second kappa shape index (κ2) is 7.69. The summed E-state index contributed by atoms with van der Waals surface area (Å²) in [5, 5.41) is 13.0. The highest BCUT2D eigenvalue weighted by molar-refractivity contribution is 7.19. The molecule has 1 aromatic carbocycles. The highest BCUT2D eigenvalue weighted by Crippen LogP contribution is 2.42. The van der Waals surface area contributed by atoms with Gasteiger partial charge in [-0.2, -0.15) is 5.26 Å². The first-order chi connectivity index (χ1) is 15.4. The number of pyridine rings is 1. The van der Waals surface area contributed by atoms with Crippen molar-refractivity contribution in [3.63, 3.8) is 0 Å². The average molecular weight is 446 g/mol. The van der Waals surface area contributed by atoms with Crippen LogP contribution in [0.5, 0.6) is 0 Å². The van der Waals surface area contributed by atoms with Gasteiger partial charge in [-0.05, 0) is 50.1 Å². The van der Waals surface area contributed by atoms with Crippen LogP contribution < -0.4 is 5.32 Å². The van der Waals surface area contributed by atoms with Gasteiger partial charge in [0.05, 0.1) is 40.8 Å². The van der Waals surface area contributed by atoms with E-state index in [1.165, 1.54) is 11.3 Å². The van der Waals surface area contributed by atoms with Crippen molar-refractivity contribution in [1.29, 1.82) is 5.26 Å². The number of carbonyl (C=O) groups is 1. The largest absolute Gasteiger partial charge is 0.380 e. The third-order valence-electron chi connectivity index (χ3n) is 6.05. The summed E-state index contributed by atoms with van der Waals surface area (Å²) in [4.78, 5) is 24.8. The van der Waals surface area contributed by atoms with Crippen molar-refractivity contribution in [2.45, 2.75) is 20.8 Å². The molecule has 8 heteroatoms. The van der Waals surface area contributed by atoms with Crippen molar-refractivity contribution in [2.24, 2.45) is 5.41 Å². The lowest BCUT2D eigenvalue weighted by Crippen LogP contribution is -2.67. The molecular weight excluding hydrogens is 422 g/mol. The van der Waals surface area contributed by atoms with Crippen molar-refractivity contribution in [1.82, 2.24) is 14.9 Å². The Kier molecular flexibility index (Phi) is 4.96. The van der Waals surface area contributed by atoms with Gasteiger partial charge in [0, 0.05) is 30.0 Å². The average Bonchev–Trinajstić information content (AvgIpc) is 3.08. The molecule has 0 saturated carbocycles. The van der Waals surface area contributed by atoms with E-state index in [-0.39, 0.29) is 11.4 Å². The van der Waals surface area contributed by atoms with Crippen LogP contribution in [-0.4, -0.2) is 47.2 Å². The minimum Gasteiger partial charge on any atom is -0.380 e. The smallest absolute Gasteiger partial charge is 0.323 e. The molecule has 2 fully saturated rings. The number of aryl methyl sites for hydroxylation is 2. The van der Waals surface area contributed by atoms with Crippen molar-refractivity contribution in [3.8, 4) is 27.8 Å². The number of anilines is 1. The predicted molar refractivity (Wildman–Crippen MR) is 124 cm³/mol. The molecule has 4 heterocycles. The number of nitriles is 1. The first kappa shape index (κ1) is 20.6. The minimum atomic E-state index is -0.140. The molecule has 2 saturated heterocycles. The number of likely N-dealkylation sites (tertiary alicyclic amines) is 1. The van der Waals surface area contributed by atoms with Gasteiger partial charge in [-0.25, -0.2) is 9.78 Å². The molecule has 32 heavy (non-hydrogen) atoms. The van der Waals surface area contributed by atoms with Crippen LogP contribution in [0.25, 0.3) is 21.7 Å². The number of rotatable bonds is 3. The second-order valence-electron chi connectivity index (χ2n) is 8.70. The highest BCUT2D eigenvalue weighted by atomic mass is 32.1. The van der Waals surface area contributed by atoms with Gasteiger partial charge in [0.15, 0.2) is 5.13 Å². The van der Waals surface area contributed by atoms with E-state index >= 15 is 0 Å². The number of hydrogen-bond donors (Lipinski definition) is 1. The first-order valence-electron chi connectivity index (χ1n) is 10.5. The van der Waals surface area contributed by atoms with Crippen molar-refractivity contribution in [3.05, 3.63) is 52.8 Å². The number of benzene rings is 1. The fraction of sp³-hybridized carbons (Fsp3) is 0.333. The van der Waals surface area contributed by atoms with Crippen LogP contribution in [0.2, 0.25) is 0 Å². The Morgan fingerprint density at radius 1 is 1.19 bits per heavy atom. The van der Waals surface area contributed by atoms with Gasteiger partial charge in [0.25, 0.3) is 0 Å². The van der Waals surface area contributed by atoms with Gasteiger partial charge in [-0.1, -0.05) is 23.5 Å². The van der Waals surface area contributed by atoms with Crippen molar-refractivity contribution >= 4 is 22.5 Å². The number of ether oxygens (including phenoxy) is 1. The topological polar surface area (TPSA) is 91.1 Å². The second-order valence-corrected chi connectivity index (χ2v) is 9.70. The van der Waals surface area contributed by atoms with Crippen LogP contribution in [0.1, 0.15) is 22.5 Å². The molecule has 0 aliphatic carbocycles. The Balaban J connectivity index is 1.52. The minimum absolute atomic E-state index is 0.140. The fourth-order valence-corrected chi connectivity index (χ4v) is 5.34. The van der Waals surface area contributed by atoms with E-state index in [1.54, 1.807) is 11.0 Å². The Bertz CT molecular complexity index is 1240. The van der Waals surface area contributed by atoms with E-state index in [1.807, 2.05) is 45.0 Å². The zero-order valence-electron chi connectivity index (χ0n) is 18.2. The Labute approximate surface area is 190 Å². The summed E-state index contributed by atoms with van der Waals surface area (Å²) in [7, 11) is 0. The summed E-state index contributed by atoms with van der Waals surface area (Å²) < 4.78 is 5.30. The summed E-state index contributed by atoms with van der Waals surface area (Å²) in [6, 6.07) is 11.8. The van der Waals surface area contributed by atoms with Crippen LogP contribution in [0.4, 0.5) is 9.93 Å². The number of carbonyl (C=O) groups excluding carboxylic acids is 1. The summed E-state index contributed by atoms with van der Waals surface area (Å²) in [6.07, 6.45) is 0. The third kappa shape index (κ3) is 3.53. The summed E-state index contributed by atoms with van der Waals surface area (Å²) in [5.41, 5.74) is 6.13. The van der Waals surface area contributed by atoms with Gasteiger partial charge >= 0.3 is 6.03 Å². The molecule has 7 nitrogen and oxygen atoms in total. The van der Waals surface area contributed by atoms with E-state index in [4.69, 9.17) is 9.72 Å². The molecule has 5 rings (SSSR count). The van der Waals surface area contributed by atoms with Gasteiger partial charge < -0.3 is 9.64 Å². The molecule has 0 unspecified atom stereocenters.